The minimum atomic E-state index is -4.45. The Morgan fingerprint density at radius 2 is 2.05 bits per heavy atom. The average molecular weight is 274 g/mol. The molecule has 2 N–H and O–H groups in total. The van der Waals surface area contributed by atoms with Crippen LogP contribution in [-0.2, 0) is 17.5 Å². The Hall–Kier alpha value is -1.76. The Morgan fingerprint density at radius 3 is 2.68 bits per heavy atom. The summed E-state index contributed by atoms with van der Waals surface area (Å²) in [4.78, 5) is 12.7. The van der Waals surface area contributed by atoms with Gasteiger partial charge in [-0.15, -0.1) is 0 Å². The quantitative estimate of drug-likeness (QED) is 0.917. The highest BCUT2D eigenvalue weighted by molar-refractivity contribution is 5.70. The third-order valence-corrected chi connectivity index (χ3v) is 3.01. The Labute approximate surface area is 107 Å². The number of benzene rings is 1. The van der Waals surface area contributed by atoms with Crippen LogP contribution in [0.1, 0.15) is 11.1 Å². The predicted octanol–water partition coefficient (Wildman–Crippen LogP) is 1.98. The van der Waals surface area contributed by atoms with Gasteiger partial charge in [0.2, 0.25) is 0 Å². The van der Waals surface area contributed by atoms with E-state index in [-0.39, 0.29) is 31.3 Å². The van der Waals surface area contributed by atoms with Crippen molar-refractivity contribution in [2.45, 2.75) is 18.8 Å². The van der Waals surface area contributed by atoms with Crippen molar-refractivity contribution in [2.24, 2.45) is 5.73 Å². The van der Waals surface area contributed by atoms with Crippen LogP contribution < -0.4 is 5.73 Å². The molecule has 19 heavy (non-hydrogen) atoms. The van der Waals surface area contributed by atoms with Crippen LogP contribution in [0.25, 0.3) is 0 Å². The van der Waals surface area contributed by atoms with E-state index in [9.17, 15) is 18.0 Å². The lowest BCUT2D eigenvalue weighted by Crippen LogP contribution is -2.38. The third kappa shape index (κ3) is 2.81. The maximum Gasteiger partial charge on any atom is 0.416 e. The monoisotopic (exact) mass is 274 g/mol. The Morgan fingerprint density at radius 1 is 1.37 bits per heavy atom. The van der Waals surface area contributed by atoms with E-state index in [0.717, 1.165) is 6.07 Å². The van der Waals surface area contributed by atoms with E-state index in [0.29, 0.717) is 0 Å². The van der Waals surface area contributed by atoms with E-state index in [1.165, 1.54) is 23.1 Å². The van der Waals surface area contributed by atoms with Crippen LogP contribution in [0.3, 0.4) is 0 Å². The molecule has 0 radical (unpaired) electrons. The molecular weight excluding hydrogens is 261 g/mol. The van der Waals surface area contributed by atoms with E-state index in [2.05, 4.69) is 0 Å². The lowest BCUT2D eigenvalue weighted by molar-refractivity contribution is -0.138. The number of halogens is 3. The topological polar surface area (TPSA) is 55.6 Å². The summed E-state index contributed by atoms with van der Waals surface area (Å²) in [5, 5.41) is 0. The molecule has 7 heteroatoms. The van der Waals surface area contributed by atoms with Crippen molar-refractivity contribution in [3.63, 3.8) is 0 Å². The molecule has 1 amide bonds. The Balaban J connectivity index is 2.26. The number of hydrogen-bond acceptors (Lipinski definition) is 3. The van der Waals surface area contributed by atoms with Crippen molar-refractivity contribution >= 4 is 6.09 Å². The molecule has 1 aliphatic heterocycles. The first-order chi connectivity index (χ1) is 8.93. The van der Waals surface area contributed by atoms with Gasteiger partial charge in [0.15, 0.2) is 0 Å². The molecule has 4 nitrogen and oxygen atoms in total. The zero-order valence-electron chi connectivity index (χ0n) is 9.98. The van der Waals surface area contributed by atoms with Crippen molar-refractivity contribution in [1.82, 2.24) is 4.90 Å². The third-order valence-electron chi connectivity index (χ3n) is 3.01. The number of carbonyl (C=O) groups is 1. The molecule has 1 saturated heterocycles. The molecule has 0 aromatic heterocycles. The highest BCUT2D eigenvalue weighted by atomic mass is 19.4. The molecule has 1 fully saturated rings. The van der Waals surface area contributed by atoms with Gasteiger partial charge in [-0.3, -0.25) is 4.90 Å². The second-order valence-corrected chi connectivity index (χ2v) is 4.25. The molecule has 0 saturated carbocycles. The van der Waals surface area contributed by atoms with Crippen molar-refractivity contribution in [3.8, 4) is 0 Å². The van der Waals surface area contributed by atoms with Gasteiger partial charge in [0.1, 0.15) is 6.61 Å². The fourth-order valence-corrected chi connectivity index (χ4v) is 2.00. The largest absolute Gasteiger partial charge is 0.447 e. The summed E-state index contributed by atoms with van der Waals surface area (Å²) in [5.41, 5.74) is 4.76. The number of rotatable bonds is 3. The number of ether oxygens (including phenoxy) is 1. The molecular formula is C12H13F3N2O2. The smallest absolute Gasteiger partial charge is 0.416 e. The van der Waals surface area contributed by atoms with Crippen molar-refractivity contribution in [3.05, 3.63) is 35.4 Å². The maximum absolute atomic E-state index is 12.8. The van der Waals surface area contributed by atoms with Crippen LogP contribution in [0.15, 0.2) is 24.3 Å². The SMILES string of the molecule is NCC1COC(=O)N1Cc1ccccc1C(F)(F)F. The Kier molecular flexibility index (Phi) is 3.66. The Bertz CT molecular complexity index is 476. The molecule has 1 aromatic rings. The molecule has 0 spiro atoms. The van der Waals surface area contributed by atoms with Crippen LogP contribution in [0.2, 0.25) is 0 Å². The van der Waals surface area contributed by atoms with Crippen molar-refractivity contribution in [2.75, 3.05) is 13.2 Å². The van der Waals surface area contributed by atoms with Gasteiger partial charge < -0.3 is 10.5 Å². The van der Waals surface area contributed by atoms with Gasteiger partial charge in [-0.1, -0.05) is 18.2 Å². The summed E-state index contributed by atoms with van der Waals surface area (Å²) in [6.45, 7) is 0.111. The highest BCUT2D eigenvalue weighted by Gasteiger charge is 2.36. The number of nitrogens with zero attached hydrogens (tertiary/aromatic N) is 1. The zero-order chi connectivity index (χ0) is 14.0. The first-order valence-corrected chi connectivity index (χ1v) is 5.72. The molecule has 104 valence electrons. The molecule has 2 rings (SSSR count). The molecule has 0 bridgehead atoms. The summed E-state index contributed by atoms with van der Waals surface area (Å²) < 4.78 is 43.3. The van der Waals surface area contributed by atoms with Crippen molar-refractivity contribution < 1.29 is 22.7 Å². The number of hydrogen-bond donors (Lipinski definition) is 1. The highest BCUT2D eigenvalue weighted by Crippen LogP contribution is 2.33. The fourth-order valence-electron chi connectivity index (χ4n) is 2.00. The van der Waals surface area contributed by atoms with Crippen molar-refractivity contribution in [1.29, 1.82) is 0 Å². The van der Waals surface area contributed by atoms with Gasteiger partial charge in [0, 0.05) is 6.54 Å². The first kappa shape index (κ1) is 13.7. The average Bonchev–Trinajstić information content (AvgIpc) is 2.70. The number of alkyl halides is 3. The van der Waals surface area contributed by atoms with Gasteiger partial charge in [-0.2, -0.15) is 13.2 Å². The maximum atomic E-state index is 12.8. The van der Waals surface area contributed by atoms with E-state index >= 15 is 0 Å². The summed E-state index contributed by atoms with van der Waals surface area (Å²) in [6, 6.07) is 4.78. The van der Waals surface area contributed by atoms with E-state index in [4.69, 9.17) is 10.5 Å². The van der Waals surface area contributed by atoms with Crippen LogP contribution in [0, 0.1) is 0 Å². The van der Waals surface area contributed by atoms with Gasteiger partial charge in [0.25, 0.3) is 0 Å². The second kappa shape index (κ2) is 5.08. The first-order valence-electron chi connectivity index (χ1n) is 5.72. The van der Waals surface area contributed by atoms with Crippen LogP contribution in [-0.4, -0.2) is 30.2 Å². The number of nitrogens with two attached hydrogens (primary N) is 1. The minimum Gasteiger partial charge on any atom is -0.447 e. The van der Waals surface area contributed by atoms with Crippen LogP contribution in [0.4, 0.5) is 18.0 Å². The molecule has 1 atom stereocenters. The fraction of sp³-hybridized carbons (Fsp3) is 0.417. The minimum absolute atomic E-state index is 0.0345. The number of amides is 1. The number of carbonyl (C=O) groups excluding carboxylic acids is 1. The molecule has 1 aliphatic rings. The van der Waals surface area contributed by atoms with Crippen LogP contribution >= 0.6 is 0 Å². The molecule has 1 heterocycles. The zero-order valence-corrected chi connectivity index (χ0v) is 9.98. The predicted molar refractivity (Wildman–Crippen MR) is 61.2 cm³/mol. The van der Waals surface area contributed by atoms with Gasteiger partial charge >= 0.3 is 12.3 Å². The van der Waals surface area contributed by atoms with E-state index < -0.39 is 17.8 Å². The van der Waals surface area contributed by atoms with Gasteiger partial charge in [-0.05, 0) is 11.6 Å². The lowest BCUT2D eigenvalue weighted by atomic mass is 10.1. The lowest BCUT2D eigenvalue weighted by Gasteiger charge is -2.22. The normalized spacial score (nSPS) is 19.7. The summed E-state index contributed by atoms with van der Waals surface area (Å²) in [7, 11) is 0. The van der Waals surface area contributed by atoms with Gasteiger partial charge in [0.05, 0.1) is 18.2 Å². The van der Waals surface area contributed by atoms with E-state index in [1.807, 2.05) is 0 Å². The second-order valence-electron chi connectivity index (χ2n) is 4.25. The molecule has 0 aliphatic carbocycles. The molecule has 1 unspecified atom stereocenters. The molecule has 1 aromatic carbocycles. The number of cyclic esters (lactones) is 1. The van der Waals surface area contributed by atoms with E-state index in [1.54, 1.807) is 0 Å². The summed E-state index contributed by atoms with van der Waals surface area (Å²) in [5.74, 6) is 0. The summed E-state index contributed by atoms with van der Waals surface area (Å²) in [6.07, 6.45) is -5.08. The summed E-state index contributed by atoms with van der Waals surface area (Å²) >= 11 is 0. The standard InChI is InChI=1S/C12H13F3N2O2/c13-12(14,15)10-4-2-1-3-8(10)6-17-9(5-16)7-19-11(17)18/h1-4,9H,5-7,16H2. The van der Waals surface area contributed by atoms with Crippen LogP contribution in [0.5, 0.6) is 0 Å². The van der Waals surface area contributed by atoms with Gasteiger partial charge in [-0.25, -0.2) is 4.79 Å².